The van der Waals surface area contributed by atoms with Gasteiger partial charge in [-0.15, -0.1) is 0 Å². The van der Waals surface area contributed by atoms with Crippen LogP contribution in [0.5, 0.6) is 0 Å². The first-order chi connectivity index (χ1) is 7.74. The Balaban J connectivity index is 1.95. The van der Waals surface area contributed by atoms with Crippen molar-refractivity contribution in [3.05, 3.63) is 30.1 Å². The third kappa shape index (κ3) is 3.05. The van der Waals surface area contributed by atoms with Crippen LogP contribution in [0, 0.1) is 11.7 Å². The molecule has 0 saturated heterocycles. The maximum absolute atomic E-state index is 12.7. The van der Waals surface area contributed by atoms with Crippen molar-refractivity contribution < 1.29 is 4.39 Å². The number of benzene rings is 1. The Hall–Kier alpha value is -1.38. The van der Waals surface area contributed by atoms with Gasteiger partial charge in [0.15, 0.2) is 0 Å². The van der Waals surface area contributed by atoms with Gasteiger partial charge in [0.25, 0.3) is 0 Å². The van der Waals surface area contributed by atoms with E-state index in [-0.39, 0.29) is 5.82 Å². The van der Waals surface area contributed by atoms with E-state index in [1.807, 2.05) is 0 Å². The molecule has 16 heavy (non-hydrogen) atoms. The summed E-state index contributed by atoms with van der Waals surface area (Å²) in [5.74, 6) is 0.520. The number of hydrogen-bond acceptors (Lipinski definition) is 2. The van der Waals surface area contributed by atoms with Crippen LogP contribution in [0.4, 0.5) is 10.1 Å². The molecular weight excluding hydrogens is 203 g/mol. The van der Waals surface area contributed by atoms with E-state index in [1.165, 1.54) is 30.7 Å². The first-order valence-electron chi connectivity index (χ1n) is 5.81. The van der Waals surface area contributed by atoms with E-state index in [4.69, 9.17) is 0 Å². The molecule has 1 aliphatic carbocycles. The molecule has 0 amide bonds. The minimum Gasteiger partial charge on any atom is -0.279 e. The zero-order chi connectivity index (χ0) is 11.4. The van der Waals surface area contributed by atoms with Gasteiger partial charge in [-0.3, -0.25) is 5.43 Å². The SMILES string of the molecule is C[C@@H]1CCC/C(=N/Nc2ccc(F)cc2)C1. The Morgan fingerprint density at radius 1 is 1.31 bits per heavy atom. The largest absolute Gasteiger partial charge is 0.279 e. The Labute approximate surface area is 95.6 Å². The van der Waals surface area contributed by atoms with Gasteiger partial charge in [-0.2, -0.15) is 5.10 Å². The van der Waals surface area contributed by atoms with Gasteiger partial charge in [0.1, 0.15) is 5.82 Å². The molecule has 0 aromatic heterocycles. The molecule has 2 rings (SSSR count). The third-order valence-corrected chi connectivity index (χ3v) is 2.93. The maximum Gasteiger partial charge on any atom is 0.123 e. The predicted octanol–water partition coefficient (Wildman–Crippen LogP) is 3.80. The highest BCUT2D eigenvalue weighted by molar-refractivity contribution is 5.85. The molecule has 1 aromatic rings. The molecule has 1 saturated carbocycles. The Morgan fingerprint density at radius 3 is 2.75 bits per heavy atom. The number of hydrazone groups is 1. The second-order valence-electron chi connectivity index (χ2n) is 4.50. The van der Waals surface area contributed by atoms with E-state index in [0.717, 1.165) is 24.4 Å². The predicted molar refractivity (Wildman–Crippen MR) is 65.1 cm³/mol. The van der Waals surface area contributed by atoms with Crippen molar-refractivity contribution in [1.82, 2.24) is 0 Å². The van der Waals surface area contributed by atoms with Gasteiger partial charge in [-0.25, -0.2) is 4.39 Å². The molecule has 1 fully saturated rings. The van der Waals surface area contributed by atoms with Crippen molar-refractivity contribution in [3.8, 4) is 0 Å². The van der Waals surface area contributed by atoms with Gasteiger partial charge >= 0.3 is 0 Å². The zero-order valence-corrected chi connectivity index (χ0v) is 9.54. The average molecular weight is 220 g/mol. The number of hydrogen-bond donors (Lipinski definition) is 1. The Kier molecular flexibility index (Phi) is 3.54. The topological polar surface area (TPSA) is 24.4 Å². The average Bonchev–Trinajstić information content (AvgIpc) is 2.28. The molecule has 0 aliphatic heterocycles. The van der Waals surface area contributed by atoms with Gasteiger partial charge < -0.3 is 0 Å². The summed E-state index contributed by atoms with van der Waals surface area (Å²) < 4.78 is 12.7. The van der Waals surface area contributed by atoms with Crippen LogP contribution in [0.2, 0.25) is 0 Å². The normalized spacial score (nSPS) is 23.4. The second kappa shape index (κ2) is 5.10. The van der Waals surface area contributed by atoms with Crippen LogP contribution in [0.3, 0.4) is 0 Å². The summed E-state index contributed by atoms with van der Waals surface area (Å²) in [5.41, 5.74) is 5.05. The van der Waals surface area contributed by atoms with Gasteiger partial charge in [0.05, 0.1) is 5.69 Å². The maximum atomic E-state index is 12.7. The molecule has 2 nitrogen and oxygen atoms in total. The summed E-state index contributed by atoms with van der Waals surface area (Å²) in [7, 11) is 0. The fourth-order valence-electron chi connectivity index (χ4n) is 2.03. The molecule has 0 radical (unpaired) electrons. The van der Waals surface area contributed by atoms with E-state index < -0.39 is 0 Å². The molecule has 1 N–H and O–H groups in total. The Morgan fingerprint density at radius 2 is 2.06 bits per heavy atom. The zero-order valence-electron chi connectivity index (χ0n) is 9.54. The molecule has 3 heteroatoms. The van der Waals surface area contributed by atoms with Crippen molar-refractivity contribution in [2.75, 3.05) is 5.43 Å². The van der Waals surface area contributed by atoms with Crippen molar-refractivity contribution in [2.45, 2.75) is 32.6 Å². The van der Waals surface area contributed by atoms with E-state index in [9.17, 15) is 4.39 Å². The van der Waals surface area contributed by atoms with Crippen molar-refractivity contribution in [3.63, 3.8) is 0 Å². The molecule has 0 unspecified atom stereocenters. The molecule has 1 aliphatic rings. The van der Waals surface area contributed by atoms with E-state index in [0.29, 0.717) is 0 Å². The van der Waals surface area contributed by atoms with Crippen molar-refractivity contribution >= 4 is 11.4 Å². The van der Waals surface area contributed by atoms with Crippen LogP contribution in [0.15, 0.2) is 29.4 Å². The van der Waals surface area contributed by atoms with Crippen LogP contribution in [0.25, 0.3) is 0 Å². The highest BCUT2D eigenvalue weighted by atomic mass is 19.1. The van der Waals surface area contributed by atoms with Gasteiger partial charge in [0, 0.05) is 5.71 Å². The number of nitrogens with one attached hydrogen (secondary N) is 1. The molecule has 0 spiro atoms. The van der Waals surface area contributed by atoms with Crippen LogP contribution in [-0.2, 0) is 0 Å². The summed E-state index contributed by atoms with van der Waals surface area (Å²) >= 11 is 0. The fourth-order valence-corrected chi connectivity index (χ4v) is 2.03. The highest BCUT2D eigenvalue weighted by Gasteiger charge is 2.13. The summed E-state index contributed by atoms with van der Waals surface area (Å²) in [6.45, 7) is 2.26. The molecule has 1 aromatic carbocycles. The first kappa shape index (κ1) is 11.1. The monoisotopic (exact) mass is 220 g/mol. The first-order valence-corrected chi connectivity index (χ1v) is 5.81. The second-order valence-corrected chi connectivity index (χ2v) is 4.50. The number of anilines is 1. The lowest BCUT2D eigenvalue weighted by Crippen LogP contribution is -2.13. The summed E-state index contributed by atoms with van der Waals surface area (Å²) in [6.07, 6.45) is 4.69. The number of rotatable bonds is 2. The van der Waals surface area contributed by atoms with Crippen molar-refractivity contribution in [2.24, 2.45) is 11.0 Å². The summed E-state index contributed by atoms with van der Waals surface area (Å²) in [6, 6.07) is 6.27. The smallest absolute Gasteiger partial charge is 0.123 e. The van der Waals surface area contributed by atoms with Crippen LogP contribution in [-0.4, -0.2) is 5.71 Å². The lowest BCUT2D eigenvalue weighted by atomic mass is 9.89. The molecule has 0 heterocycles. The van der Waals surface area contributed by atoms with E-state index in [2.05, 4.69) is 17.5 Å². The third-order valence-electron chi connectivity index (χ3n) is 2.93. The Bertz CT molecular complexity index is 370. The molecular formula is C13H17FN2. The van der Waals surface area contributed by atoms with E-state index in [1.54, 1.807) is 12.1 Å². The standard InChI is InChI=1S/C13H17FN2/c1-10-3-2-4-13(9-10)16-15-12-7-5-11(14)6-8-12/h5-8,10,15H,2-4,9H2,1H3/b16-13-/t10-/m1/s1. The summed E-state index contributed by atoms with van der Waals surface area (Å²) in [4.78, 5) is 0. The molecule has 0 bridgehead atoms. The minimum absolute atomic E-state index is 0.218. The van der Waals surface area contributed by atoms with Gasteiger partial charge in [-0.1, -0.05) is 6.92 Å². The summed E-state index contributed by atoms with van der Waals surface area (Å²) in [5, 5.41) is 4.38. The lowest BCUT2D eigenvalue weighted by molar-refractivity contribution is 0.500. The van der Waals surface area contributed by atoms with Gasteiger partial charge in [-0.05, 0) is 55.9 Å². The van der Waals surface area contributed by atoms with Crippen LogP contribution < -0.4 is 5.43 Å². The minimum atomic E-state index is -0.218. The number of nitrogens with zero attached hydrogens (tertiary/aromatic N) is 1. The molecule has 86 valence electrons. The van der Waals surface area contributed by atoms with E-state index >= 15 is 0 Å². The van der Waals surface area contributed by atoms with Crippen molar-refractivity contribution in [1.29, 1.82) is 0 Å². The quantitative estimate of drug-likeness (QED) is 0.753. The lowest BCUT2D eigenvalue weighted by Gasteiger charge is -2.19. The van der Waals surface area contributed by atoms with Crippen LogP contribution in [0.1, 0.15) is 32.6 Å². The number of halogens is 1. The highest BCUT2D eigenvalue weighted by Crippen LogP contribution is 2.21. The molecule has 1 atom stereocenters. The van der Waals surface area contributed by atoms with Crippen LogP contribution >= 0.6 is 0 Å². The van der Waals surface area contributed by atoms with Gasteiger partial charge in [0.2, 0.25) is 0 Å². The fraction of sp³-hybridized carbons (Fsp3) is 0.462.